The Kier molecular flexibility index (Phi) is 7.89. The number of ether oxygens (including phenoxy) is 1. The summed E-state index contributed by atoms with van der Waals surface area (Å²) in [6, 6.07) is 8.09. The van der Waals surface area contributed by atoms with E-state index in [1.165, 1.54) is 12.4 Å². The first kappa shape index (κ1) is 28.1. The first-order valence-corrected chi connectivity index (χ1v) is 12.9. The molecule has 0 radical (unpaired) electrons. The zero-order chi connectivity index (χ0) is 28.6. The monoisotopic (exact) mass is 577 g/mol. The molecule has 12 heteroatoms. The van der Waals surface area contributed by atoms with Crippen LogP contribution in [0.1, 0.15) is 23.2 Å². The van der Waals surface area contributed by atoms with Gasteiger partial charge in [-0.15, -0.1) is 0 Å². The summed E-state index contributed by atoms with van der Waals surface area (Å²) in [5.74, 6) is -0.802. The van der Waals surface area contributed by atoms with Crippen LogP contribution in [0.3, 0.4) is 0 Å². The number of fused-ring (bicyclic) bond motifs is 2. The molecule has 1 aromatic heterocycles. The van der Waals surface area contributed by atoms with E-state index in [9.17, 15) is 17.6 Å². The van der Waals surface area contributed by atoms with Crippen molar-refractivity contribution in [1.82, 2.24) is 14.9 Å². The molecule has 0 aliphatic carbocycles. The predicted octanol–water partition coefficient (Wildman–Crippen LogP) is 6.58. The zero-order valence-corrected chi connectivity index (χ0v) is 22.2. The van der Waals surface area contributed by atoms with Gasteiger partial charge in [0.25, 0.3) is 0 Å². The summed E-state index contributed by atoms with van der Waals surface area (Å²) < 4.78 is 72.5. The van der Waals surface area contributed by atoms with Crippen LogP contribution in [0.25, 0.3) is 22.3 Å². The van der Waals surface area contributed by atoms with Gasteiger partial charge >= 0.3 is 6.18 Å². The lowest BCUT2D eigenvalue weighted by atomic mass is 9.96. The predicted molar refractivity (Wildman–Crippen MR) is 145 cm³/mol. The van der Waals surface area contributed by atoms with Crippen LogP contribution < -0.4 is 4.90 Å². The molecule has 0 N–H and O–H groups in total. The van der Waals surface area contributed by atoms with E-state index in [1.807, 2.05) is 0 Å². The van der Waals surface area contributed by atoms with Crippen LogP contribution in [0, 0.1) is 12.7 Å². The second-order valence-electron chi connectivity index (χ2n) is 9.59. The molecule has 6 nitrogen and oxygen atoms in total. The van der Waals surface area contributed by atoms with Crippen LogP contribution in [0.2, 0.25) is 5.02 Å². The lowest BCUT2D eigenvalue weighted by Gasteiger charge is -2.48. The summed E-state index contributed by atoms with van der Waals surface area (Å²) in [5.41, 5.74) is 0.713. The van der Waals surface area contributed by atoms with Crippen molar-refractivity contribution in [2.45, 2.75) is 31.6 Å². The normalized spacial score (nSPS) is 20.1. The third-order valence-corrected chi connectivity index (χ3v) is 7.65. The molecule has 2 fully saturated rings. The third-order valence-electron chi connectivity index (χ3n) is 7.28. The Morgan fingerprint density at radius 3 is 2.77 bits per heavy atom. The highest BCUT2D eigenvalue weighted by Gasteiger charge is 2.48. The van der Waals surface area contributed by atoms with E-state index in [1.54, 1.807) is 31.2 Å². The minimum atomic E-state index is -4.36. The van der Waals surface area contributed by atoms with E-state index < -0.39 is 17.8 Å². The molecule has 210 valence electrons. The minimum Gasteiger partial charge on any atom is -0.362 e. The van der Waals surface area contributed by atoms with Crippen LogP contribution >= 0.6 is 11.6 Å². The van der Waals surface area contributed by atoms with Gasteiger partial charge in [-0.25, -0.2) is 18.7 Å². The standard InChI is InChI=1S/C28H25ClF5N5O/c1-16-25(24(31)26(35-2)18-6-3-5-17-7-8-19(30)23(29)22(17)18)36-14-37-27(16)39-13-21-20(39)9-11-38(21)15-40-12-4-10-28(32,33)34/h3-8,10,14,20-21H,2,9,11-13,15H2,1H3/b10-4+,26-24+/t20-,21-/m1/s1. The van der Waals surface area contributed by atoms with Crippen molar-refractivity contribution >= 4 is 46.4 Å². The Balaban J connectivity index is 1.37. The SMILES string of the molecule is C=N/C(=C(/F)c1ncnc(N2C[C@@H]3[C@H]2CCN3COC/C=C/C(F)(F)F)c1C)c1cccc2ccc(F)c(Cl)c12. The zero-order valence-electron chi connectivity index (χ0n) is 21.4. The van der Waals surface area contributed by atoms with E-state index >= 15 is 4.39 Å². The van der Waals surface area contributed by atoms with Crippen LogP contribution in [-0.2, 0) is 4.74 Å². The average Bonchev–Trinajstić information content (AvgIpc) is 3.21. The highest BCUT2D eigenvalue weighted by atomic mass is 35.5. The largest absolute Gasteiger partial charge is 0.409 e. The number of aromatic nitrogens is 2. The van der Waals surface area contributed by atoms with Crippen LogP contribution in [0.4, 0.5) is 27.8 Å². The number of nitrogens with zero attached hydrogens (tertiary/aromatic N) is 5. The summed E-state index contributed by atoms with van der Waals surface area (Å²) in [5, 5.41) is 0.803. The second-order valence-corrected chi connectivity index (χ2v) is 9.97. The van der Waals surface area contributed by atoms with E-state index in [4.69, 9.17) is 16.3 Å². The van der Waals surface area contributed by atoms with Crippen LogP contribution in [-0.4, -0.2) is 66.3 Å². The van der Waals surface area contributed by atoms with Crippen molar-refractivity contribution in [2.24, 2.45) is 4.99 Å². The second kappa shape index (κ2) is 11.2. The van der Waals surface area contributed by atoms with Gasteiger partial charge < -0.3 is 9.64 Å². The van der Waals surface area contributed by atoms with Crippen LogP contribution in [0.5, 0.6) is 0 Å². The highest BCUT2D eigenvalue weighted by Crippen LogP contribution is 2.40. The van der Waals surface area contributed by atoms with Gasteiger partial charge in [0.1, 0.15) is 29.4 Å². The molecular formula is C28H25ClF5N5O. The molecule has 2 saturated heterocycles. The number of rotatable bonds is 8. The molecule has 2 aliphatic heterocycles. The molecule has 40 heavy (non-hydrogen) atoms. The summed E-state index contributed by atoms with van der Waals surface area (Å²) in [4.78, 5) is 16.7. The fourth-order valence-electron chi connectivity index (χ4n) is 5.37. The highest BCUT2D eigenvalue weighted by molar-refractivity contribution is 6.36. The molecule has 5 rings (SSSR count). The Hall–Kier alpha value is -3.41. The Bertz CT molecular complexity index is 1510. The minimum absolute atomic E-state index is 0.0371. The fraction of sp³-hybridized carbons (Fsp3) is 0.321. The van der Waals surface area contributed by atoms with Crippen molar-refractivity contribution in [1.29, 1.82) is 0 Å². The molecule has 0 spiro atoms. The molecule has 0 unspecified atom stereocenters. The van der Waals surface area contributed by atoms with Gasteiger partial charge in [0.05, 0.1) is 18.4 Å². The van der Waals surface area contributed by atoms with E-state index in [2.05, 4.69) is 31.5 Å². The number of allylic oxidation sites excluding steroid dienone is 1. The van der Waals surface area contributed by atoms with Crippen molar-refractivity contribution in [3.05, 3.63) is 76.5 Å². The maximum absolute atomic E-state index is 16.1. The van der Waals surface area contributed by atoms with Gasteiger partial charge in [0, 0.05) is 47.8 Å². The smallest absolute Gasteiger partial charge is 0.362 e. The van der Waals surface area contributed by atoms with Gasteiger partial charge in [-0.1, -0.05) is 41.9 Å². The van der Waals surface area contributed by atoms with Crippen molar-refractivity contribution in [3.63, 3.8) is 0 Å². The number of aliphatic imine (C=N–C) groups is 1. The van der Waals surface area contributed by atoms with Crippen molar-refractivity contribution in [3.8, 4) is 0 Å². The summed E-state index contributed by atoms with van der Waals surface area (Å²) in [7, 11) is 0. The average molecular weight is 578 g/mol. The maximum atomic E-state index is 16.1. The first-order valence-electron chi connectivity index (χ1n) is 12.5. The molecule has 3 heterocycles. The number of benzene rings is 2. The topological polar surface area (TPSA) is 53.9 Å². The van der Waals surface area contributed by atoms with Crippen molar-refractivity contribution < 1.29 is 26.7 Å². The Morgan fingerprint density at radius 2 is 2.02 bits per heavy atom. The molecule has 0 amide bonds. The Labute approximate surface area is 232 Å². The summed E-state index contributed by atoms with van der Waals surface area (Å²) in [6.07, 6.45) is -1.17. The van der Waals surface area contributed by atoms with Gasteiger partial charge in [-0.3, -0.25) is 9.89 Å². The lowest BCUT2D eigenvalue weighted by molar-refractivity contribution is -0.0805. The van der Waals surface area contributed by atoms with E-state index in [0.717, 1.165) is 12.5 Å². The van der Waals surface area contributed by atoms with Crippen molar-refractivity contribution in [2.75, 3.05) is 31.3 Å². The quantitative estimate of drug-likeness (QED) is 0.131. The number of alkyl halides is 3. The van der Waals surface area contributed by atoms with Gasteiger partial charge in [0.15, 0.2) is 5.83 Å². The molecule has 0 saturated carbocycles. The number of hydrogen-bond acceptors (Lipinski definition) is 6. The Morgan fingerprint density at radius 1 is 1.23 bits per heavy atom. The fourth-order valence-corrected chi connectivity index (χ4v) is 5.64. The number of hydrogen-bond donors (Lipinski definition) is 0. The molecule has 3 aromatic rings. The maximum Gasteiger partial charge on any atom is 0.409 e. The van der Waals surface area contributed by atoms with E-state index in [0.29, 0.717) is 35.2 Å². The number of likely N-dealkylation sites (tertiary alicyclic amines) is 1. The third kappa shape index (κ3) is 5.33. The van der Waals surface area contributed by atoms with Crippen LogP contribution in [0.15, 0.2) is 53.8 Å². The van der Waals surface area contributed by atoms with Gasteiger partial charge in [-0.2, -0.15) is 13.2 Å². The number of anilines is 1. The van der Waals surface area contributed by atoms with Gasteiger partial charge in [-0.05, 0) is 31.5 Å². The van der Waals surface area contributed by atoms with Gasteiger partial charge in [0.2, 0.25) is 0 Å². The number of halogens is 6. The molecule has 2 atom stereocenters. The molecule has 0 bridgehead atoms. The lowest BCUT2D eigenvalue weighted by Crippen LogP contribution is -2.62. The molecule has 2 aromatic carbocycles. The molecule has 2 aliphatic rings. The summed E-state index contributed by atoms with van der Waals surface area (Å²) in [6.45, 7) is 6.65. The first-order chi connectivity index (χ1) is 19.1. The summed E-state index contributed by atoms with van der Waals surface area (Å²) >= 11 is 6.26. The van der Waals surface area contributed by atoms with E-state index in [-0.39, 0.29) is 53.5 Å². The molecular weight excluding hydrogens is 553 g/mol.